The number of hydrogen-bond donors (Lipinski definition) is 2. The second-order valence-corrected chi connectivity index (χ2v) is 1.86. The van der Waals surface area contributed by atoms with Crippen molar-refractivity contribution in [2.45, 2.75) is 12.5 Å². The van der Waals surface area contributed by atoms with Gasteiger partial charge in [0.25, 0.3) is 0 Å². The summed E-state index contributed by atoms with van der Waals surface area (Å²) >= 11 is -1.08. The molecule has 2 N–H and O–H groups in total. The van der Waals surface area contributed by atoms with Crippen molar-refractivity contribution < 1.29 is 18.3 Å². The highest BCUT2D eigenvalue weighted by Crippen LogP contribution is 1.99. The molecular weight excluding hydrogens is 158 g/mol. The fraction of sp³-hybridized carbons (Fsp3) is 0.750. The Morgan fingerprint density at radius 1 is 1.60 bits per heavy atom. The lowest BCUT2D eigenvalue weighted by Crippen LogP contribution is -2.48. The Bertz CT molecular complexity index is 149. The number of carboxylic acid groups (broad SMARTS) is 1. The van der Waals surface area contributed by atoms with E-state index in [0.29, 0.717) is 0 Å². The Kier molecular flexibility index (Phi) is 4.87. The molecule has 1 aliphatic heterocycles. The van der Waals surface area contributed by atoms with Crippen LogP contribution in [-0.2, 0) is 24.8 Å². The lowest BCUT2D eigenvalue weighted by molar-refractivity contribution is -0.141. The van der Waals surface area contributed by atoms with Gasteiger partial charge >= 0.3 is 5.97 Å². The Morgan fingerprint density at radius 3 is 2.00 bits per heavy atom. The number of carboxylic acids is 1. The maximum absolute atomic E-state index is 9.92. The monoisotopic (exact) mass is 166 g/mol. The summed E-state index contributed by atoms with van der Waals surface area (Å²) in [5.74, 6) is -0.730. The molecule has 1 fully saturated rings. The van der Waals surface area contributed by atoms with Gasteiger partial charge in [0, 0.05) is 0 Å². The molecule has 6 heteroatoms. The molecule has 1 rings (SSSR count). The summed E-state index contributed by atoms with van der Waals surface area (Å²) in [5, 5.41) is 10.9. The van der Waals surface area contributed by atoms with Gasteiger partial charge in [-0.15, -0.1) is 0 Å². The summed E-state index contributed by atoms with van der Waals surface area (Å²) in [7, 11) is 0. The van der Waals surface area contributed by atoms with Crippen molar-refractivity contribution in [3.05, 3.63) is 0 Å². The standard InChI is InChI=1S/C4H7NO2.HO2S/c6-4(7)3-1-2-5-3;1-3-2/h3,5H,1-2H2,(H,6,7);3H/q;-1. The maximum Gasteiger partial charge on any atom is 0.320 e. The Morgan fingerprint density at radius 2 is 2.00 bits per heavy atom. The molecule has 1 aliphatic rings. The van der Waals surface area contributed by atoms with Crippen LogP contribution < -0.4 is 5.32 Å². The first-order valence-corrected chi connectivity index (χ1v) is 3.36. The van der Waals surface area contributed by atoms with E-state index in [1.807, 2.05) is 0 Å². The first kappa shape index (κ1) is 9.38. The fourth-order valence-corrected chi connectivity index (χ4v) is 0.499. The van der Waals surface area contributed by atoms with Crippen LogP contribution in [0.4, 0.5) is 0 Å². The predicted molar refractivity (Wildman–Crippen MR) is 34.2 cm³/mol. The van der Waals surface area contributed by atoms with Crippen LogP contribution in [0.2, 0.25) is 0 Å². The highest BCUT2D eigenvalue weighted by atomic mass is 32.1. The van der Waals surface area contributed by atoms with Crippen LogP contribution in [0.25, 0.3) is 0 Å². The number of thiol groups is 1. The largest absolute Gasteiger partial charge is 0.480 e. The first-order chi connectivity index (χ1) is 4.72. The minimum Gasteiger partial charge on any atom is -0.480 e. The number of rotatable bonds is 1. The van der Waals surface area contributed by atoms with E-state index in [4.69, 9.17) is 13.5 Å². The molecule has 0 spiro atoms. The third-order valence-corrected chi connectivity index (χ3v) is 1.12. The van der Waals surface area contributed by atoms with Crippen molar-refractivity contribution >= 4 is 17.5 Å². The summed E-state index contributed by atoms with van der Waals surface area (Å²) in [6.07, 6.45) is 0.787. The van der Waals surface area contributed by atoms with E-state index in [0.717, 1.165) is 13.0 Å². The second-order valence-electron chi connectivity index (χ2n) is 1.71. The lowest BCUT2D eigenvalue weighted by Gasteiger charge is -2.22. The average molecular weight is 166 g/mol. The van der Waals surface area contributed by atoms with Crippen molar-refractivity contribution in [1.82, 2.24) is 5.32 Å². The molecule has 10 heavy (non-hydrogen) atoms. The highest BCUT2D eigenvalue weighted by molar-refractivity contribution is 7.51. The lowest BCUT2D eigenvalue weighted by atomic mass is 10.1. The van der Waals surface area contributed by atoms with Gasteiger partial charge in [0.1, 0.15) is 6.04 Å². The number of nitrogens with one attached hydrogen (secondary N) is 1. The van der Waals surface area contributed by atoms with Crippen molar-refractivity contribution in [1.29, 1.82) is 0 Å². The molecule has 1 unspecified atom stereocenters. The van der Waals surface area contributed by atoms with E-state index in [-0.39, 0.29) is 6.04 Å². The molecule has 0 radical (unpaired) electrons. The smallest absolute Gasteiger partial charge is 0.320 e. The Labute approximate surface area is 61.0 Å². The van der Waals surface area contributed by atoms with Crippen LogP contribution in [0.5, 0.6) is 0 Å². The molecule has 1 heterocycles. The minimum atomic E-state index is -1.08. The highest BCUT2D eigenvalue weighted by Gasteiger charge is 2.22. The van der Waals surface area contributed by atoms with Crippen molar-refractivity contribution in [3.8, 4) is 0 Å². The summed E-state index contributed by atoms with van der Waals surface area (Å²) in [5.41, 5.74) is 0. The Balaban J connectivity index is 0.000000236. The first-order valence-electron chi connectivity index (χ1n) is 2.63. The number of aliphatic carboxylic acids is 1. The van der Waals surface area contributed by atoms with Gasteiger partial charge in [-0.05, 0) is 13.0 Å². The molecule has 0 amide bonds. The van der Waals surface area contributed by atoms with Crippen LogP contribution in [-0.4, -0.2) is 23.7 Å². The molecule has 1 atom stereocenters. The van der Waals surface area contributed by atoms with Crippen molar-refractivity contribution in [3.63, 3.8) is 0 Å². The molecule has 0 saturated carbocycles. The normalized spacial score (nSPS) is 21.8. The summed E-state index contributed by atoms with van der Waals surface area (Å²) in [4.78, 5) is 9.92. The molecule has 0 aromatic heterocycles. The zero-order valence-corrected chi connectivity index (χ0v) is 6.01. The zero-order chi connectivity index (χ0) is 7.98. The SMILES string of the molecule is O=C(O)C1CCN1.O=[SH-]=O. The van der Waals surface area contributed by atoms with Gasteiger partial charge in [0.05, 0.1) is 0 Å². The second kappa shape index (κ2) is 5.19. The van der Waals surface area contributed by atoms with Gasteiger partial charge in [0.2, 0.25) is 0 Å². The predicted octanol–water partition coefficient (Wildman–Crippen LogP) is -1.07. The van der Waals surface area contributed by atoms with E-state index in [1.165, 1.54) is 0 Å². The molecular formula is C4H8NO4S-. The van der Waals surface area contributed by atoms with E-state index in [9.17, 15) is 4.79 Å². The summed E-state index contributed by atoms with van der Waals surface area (Å²) < 4.78 is 16.7. The summed E-state index contributed by atoms with van der Waals surface area (Å²) in [6.45, 7) is 0.858. The molecule has 0 aromatic carbocycles. The van der Waals surface area contributed by atoms with E-state index in [1.54, 1.807) is 0 Å². The third-order valence-electron chi connectivity index (χ3n) is 1.12. The average Bonchev–Trinajstić information content (AvgIpc) is 1.59. The van der Waals surface area contributed by atoms with Crippen LogP contribution in [0.15, 0.2) is 0 Å². The van der Waals surface area contributed by atoms with Gasteiger partial charge in [-0.3, -0.25) is 4.79 Å². The Hall–Kier alpha value is -0.620. The van der Waals surface area contributed by atoms with E-state index in [2.05, 4.69) is 5.32 Å². The number of carbonyl (C=O) groups is 1. The molecule has 0 bridgehead atoms. The molecule has 60 valence electrons. The van der Waals surface area contributed by atoms with Crippen molar-refractivity contribution in [2.75, 3.05) is 6.54 Å². The van der Waals surface area contributed by atoms with E-state index < -0.39 is 17.5 Å². The molecule has 0 aliphatic carbocycles. The topological polar surface area (TPSA) is 83.5 Å². The third kappa shape index (κ3) is 3.41. The number of hydrogen-bond acceptors (Lipinski definition) is 5. The van der Waals surface area contributed by atoms with E-state index >= 15 is 0 Å². The quantitative estimate of drug-likeness (QED) is 0.382. The van der Waals surface area contributed by atoms with Gasteiger partial charge in [0.15, 0.2) is 0 Å². The van der Waals surface area contributed by atoms with Crippen LogP contribution >= 0.6 is 0 Å². The molecule has 1 saturated heterocycles. The van der Waals surface area contributed by atoms with Gasteiger partial charge in [-0.1, -0.05) is 11.6 Å². The summed E-state index contributed by atoms with van der Waals surface area (Å²) in [6, 6.07) is -0.250. The van der Waals surface area contributed by atoms with Gasteiger partial charge in [-0.2, -0.15) is 0 Å². The van der Waals surface area contributed by atoms with Gasteiger partial charge < -0.3 is 18.8 Å². The molecule has 5 nitrogen and oxygen atoms in total. The minimum absolute atomic E-state index is 0.250. The van der Waals surface area contributed by atoms with Crippen LogP contribution in [0, 0.1) is 0 Å². The fourth-order valence-electron chi connectivity index (χ4n) is 0.499. The molecule has 0 aromatic rings. The maximum atomic E-state index is 9.92. The van der Waals surface area contributed by atoms with Gasteiger partial charge in [-0.25, -0.2) is 0 Å². The zero-order valence-electron chi connectivity index (χ0n) is 5.11. The van der Waals surface area contributed by atoms with Crippen LogP contribution in [0.1, 0.15) is 6.42 Å². The van der Waals surface area contributed by atoms with Crippen LogP contribution in [0.3, 0.4) is 0 Å². The van der Waals surface area contributed by atoms with Crippen molar-refractivity contribution in [2.24, 2.45) is 0 Å².